The molecule has 1 fully saturated rings. The maximum Gasteiger partial charge on any atom is 0.256 e. The molecule has 0 aliphatic carbocycles. The van der Waals surface area contributed by atoms with Crippen molar-refractivity contribution in [1.82, 2.24) is 14.9 Å². The van der Waals surface area contributed by atoms with Crippen LogP contribution in [-0.4, -0.2) is 40.0 Å². The lowest BCUT2D eigenvalue weighted by Crippen LogP contribution is -2.35. The fourth-order valence-corrected chi connectivity index (χ4v) is 3.23. The van der Waals surface area contributed by atoms with Gasteiger partial charge in [0, 0.05) is 18.1 Å². The summed E-state index contributed by atoms with van der Waals surface area (Å²) in [4.78, 5) is 21.3. The van der Waals surface area contributed by atoms with Crippen LogP contribution in [0, 0.1) is 0 Å². The molecule has 0 bridgehead atoms. The molecule has 1 aromatic heterocycles. The van der Waals surface area contributed by atoms with E-state index in [-0.39, 0.29) is 11.6 Å². The molecule has 2 rings (SSSR count). The number of thioether (sulfide) groups is 1. The maximum atomic E-state index is 11.8. The van der Waals surface area contributed by atoms with Crippen molar-refractivity contribution < 1.29 is 0 Å². The van der Waals surface area contributed by atoms with Gasteiger partial charge in [-0.1, -0.05) is 6.92 Å². The van der Waals surface area contributed by atoms with Crippen LogP contribution in [0.3, 0.4) is 0 Å². The van der Waals surface area contributed by atoms with Crippen molar-refractivity contribution in [3.63, 3.8) is 0 Å². The van der Waals surface area contributed by atoms with Crippen LogP contribution in [0.15, 0.2) is 4.79 Å². The average Bonchev–Trinajstić information content (AvgIpc) is 2.29. The highest BCUT2D eigenvalue weighted by molar-refractivity contribution is 7.99. The van der Waals surface area contributed by atoms with E-state index in [1.165, 1.54) is 0 Å². The Morgan fingerprint density at radius 2 is 2.41 bits per heavy atom. The molecule has 6 heteroatoms. The van der Waals surface area contributed by atoms with Crippen LogP contribution in [0.5, 0.6) is 0 Å². The fourth-order valence-electron chi connectivity index (χ4n) is 2.01. The third kappa shape index (κ3) is 2.47. The summed E-state index contributed by atoms with van der Waals surface area (Å²) in [5, 5.41) is 0. The smallest absolute Gasteiger partial charge is 0.256 e. The Labute approximate surface area is 105 Å². The number of hydrogen-bond donors (Lipinski definition) is 2. The van der Waals surface area contributed by atoms with Gasteiger partial charge < -0.3 is 10.7 Å². The Morgan fingerprint density at radius 1 is 1.65 bits per heavy atom. The molecule has 3 N–H and O–H groups in total. The van der Waals surface area contributed by atoms with Gasteiger partial charge in [-0.05, 0) is 13.5 Å². The van der Waals surface area contributed by atoms with E-state index in [0.717, 1.165) is 18.1 Å². The zero-order valence-corrected chi connectivity index (χ0v) is 11.0. The molecule has 94 valence electrons. The lowest BCUT2D eigenvalue weighted by atomic mass is 10.2. The van der Waals surface area contributed by atoms with Crippen molar-refractivity contribution in [3.8, 4) is 0 Å². The van der Waals surface area contributed by atoms with Gasteiger partial charge in [-0.3, -0.25) is 9.69 Å². The molecular formula is C11H18N4OS. The molecule has 0 saturated carbocycles. The molecule has 1 saturated heterocycles. The molecule has 1 unspecified atom stereocenters. The molecule has 0 amide bonds. The Morgan fingerprint density at radius 3 is 3.00 bits per heavy atom. The molecule has 1 aliphatic rings. The Bertz CT molecular complexity index is 459. The van der Waals surface area contributed by atoms with Crippen LogP contribution >= 0.6 is 11.8 Å². The number of nitrogen functional groups attached to an aromatic ring is 1. The molecule has 17 heavy (non-hydrogen) atoms. The summed E-state index contributed by atoms with van der Waals surface area (Å²) in [6.45, 7) is 2.92. The second-order valence-electron chi connectivity index (χ2n) is 4.24. The molecular weight excluding hydrogens is 236 g/mol. The van der Waals surface area contributed by atoms with Crippen molar-refractivity contribution in [1.29, 1.82) is 0 Å². The van der Waals surface area contributed by atoms with Crippen LogP contribution in [0.1, 0.15) is 24.4 Å². The summed E-state index contributed by atoms with van der Waals surface area (Å²) >= 11 is 1.88. The van der Waals surface area contributed by atoms with E-state index in [4.69, 9.17) is 5.73 Å². The van der Waals surface area contributed by atoms with Gasteiger partial charge in [0.25, 0.3) is 5.56 Å². The summed E-state index contributed by atoms with van der Waals surface area (Å²) in [5.74, 6) is 3.14. The lowest BCUT2D eigenvalue weighted by molar-refractivity contribution is 0.264. The maximum absolute atomic E-state index is 11.8. The number of nitrogens with one attached hydrogen (secondary N) is 1. The first-order chi connectivity index (χ1) is 8.13. The van der Waals surface area contributed by atoms with E-state index in [2.05, 4.69) is 14.9 Å². The summed E-state index contributed by atoms with van der Waals surface area (Å²) < 4.78 is 0. The minimum atomic E-state index is -0.0982. The molecule has 1 aliphatic heterocycles. The van der Waals surface area contributed by atoms with Gasteiger partial charge in [0.05, 0.1) is 11.6 Å². The average molecular weight is 254 g/mol. The topological polar surface area (TPSA) is 75.0 Å². The van der Waals surface area contributed by atoms with Gasteiger partial charge in [0.1, 0.15) is 11.6 Å². The van der Waals surface area contributed by atoms with E-state index in [1.54, 1.807) is 0 Å². The number of hydrogen-bond acceptors (Lipinski definition) is 5. The van der Waals surface area contributed by atoms with Crippen LogP contribution in [0.25, 0.3) is 0 Å². The molecule has 1 atom stereocenters. The van der Waals surface area contributed by atoms with Crippen LogP contribution in [-0.2, 0) is 6.42 Å². The largest absolute Gasteiger partial charge is 0.383 e. The first-order valence-electron chi connectivity index (χ1n) is 5.80. The monoisotopic (exact) mass is 254 g/mol. The number of aromatic amines is 1. The van der Waals surface area contributed by atoms with E-state index < -0.39 is 0 Å². The summed E-state index contributed by atoms with van der Waals surface area (Å²) in [7, 11) is 2.05. The second kappa shape index (κ2) is 5.10. The van der Waals surface area contributed by atoms with Crippen molar-refractivity contribution in [3.05, 3.63) is 21.7 Å². The predicted octanol–water partition coefficient (Wildman–Crippen LogP) is 0.634. The molecule has 0 radical (unpaired) electrons. The third-order valence-electron chi connectivity index (χ3n) is 3.13. The van der Waals surface area contributed by atoms with E-state index in [0.29, 0.717) is 23.6 Å². The van der Waals surface area contributed by atoms with Gasteiger partial charge in [-0.15, -0.1) is 0 Å². The number of nitrogens with two attached hydrogens (primary N) is 1. The molecule has 0 aromatic carbocycles. The van der Waals surface area contributed by atoms with Gasteiger partial charge >= 0.3 is 0 Å². The quantitative estimate of drug-likeness (QED) is 0.810. The van der Waals surface area contributed by atoms with Gasteiger partial charge in [-0.25, -0.2) is 4.98 Å². The number of rotatable bonds is 2. The Hall–Kier alpha value is -1.01. The number of aromatic nitrogens is 2. The first kappa shape index (κ1) is 12.4. The molecule has 1 aromatic rings. The minimum Gasteiger partial charge on any atom is -0.383 e. The van der Waals surface area contributed by atoms with Gasteiger partial charge in [-0.2, -0.15) is 11.8 Å². The van der Waals surface area contributed by atoms with Crippen LogP contribution < -0.4 is 11.3 Å². The van der Waals surface area contributed by atoms with Crippen molar-refractivity contribution >= 4 is 17.6 Å². The van der Waals surface area contributed by atoms with Gasteiger partial charge in [0.2, 0.25) is 0 Å². The third-order valence-corrected chi connectivity index (χ3v) is 4.15. The number of H-pyrrole nitrogens is 1. The fraction of sp³-hybridized carbons (Fsp3) is 0.636. The Balaban J connectivity index is 2.36. The lowest BCUT2D eigenvalue weighted by Gasteiger charge is -2.31. The zero-order chi connectivity index (χ0) is 12.4. The van der Waals surface area contributed by atoms with E-state index in [1.807, 2.05) is 25.7 Å². The SMILES string of the molecule is CCc1c(N)nc(C2CSCCN2C)[nH]c1=O. The van der Waals surface area contributed by atoms with Crippen molar-refractivity contribution in [2.75, 3.05) is 30.8 Å². The predicted molar refractivity (Wildman–Crippen MR) is 71.3 cm³/mol. The summed E-state index contributed by atoms with van der Waals surface area (Å²) in [5.41, 5.74) is 6.31. The molecule has 0 spiro atoms. The highest BCUT2D eigenvalue weighted by Crippen LogP contribution is 2.25. The molecule has 2 heterocycles. The Kier molecular flexibility index (Phi) is 3.73. The van der Waals surface area contributed by atoms with E-state index >= 15 is 0 Å². The normalized spacial score (nSPS) is 21.6. The minimum absolute atomic E-state index is 0.0982. The van der Waals surface area contributed by atoms with Crippen molar-refractivity contribution in [2.45, 2.75) is 19.4 Å². The number of anilines is 1. The summed E-state index contributed by atoms with van der Waals surface area (Å²) in [6.07, 6.45) is 0.615. The first-order valence-corrected chi connectivity index (χ1v) is 6.95. The molecule has 5 nitrogen and oxygen atoms in total. The highest BCUT2D eigenvalue weighted by Gasteiger charge is 2.24. The summed E-state index contributed by atoms with van der Waals surface area (Å²) in [6, 6.07) is 0.162. The van der Waals surface area contributed by atoms with E-state index in [9.17, 15) is 4.79 Å². The van der Waals surface area contributed by atoms with Gasteiger partial charge in [0.15, 0.2) is 0 Å². The van der Waals surface area contributed by atoms with Crippen LogP contribution in [0.4, 0.5) is 5.82 Å². The van der Waals surface area contributed by atoms with Crippen molar-refractivity contribution in [2.24, 2.45) is 0 Å². The highest BCUT2D eigenvalue weighted by atomic mass is 32.2. The zero-order valence-electron chi connectivity index (χ0n) is 10.2. The van der Waals surface area contributed by atoms with Crippen LogP contribution in [0.2, 0.25) is 0 Å². The second-order valence-corrected chi connectivity index (χ2v) is 5.39. The number of nitrogens with zero attached hydrogens (tertiary/aromatic N) is 2. The standard InChI is InChI=1S/C11H18N4OS/c1-3-7-9(12)13-10(14-11(7)16)8-6-17-5-4-15(8)2/h8H,3-6H2,1-2H3,(H3,12,13,14,16).